The summed E-state index contributed by atoms with van der Waals surface area (Å²) in [5.74, 6) is 0. The number of hydrogen-bond acceptors (Lipinski definition) is 2. The molecule has 0 aliphatic carbocycles. The minimum Gasteiger partial charge on any atom is -0.330 e. The van der Waals surface area contributed by atoms with Crippen molar-refractivity contribution in [3.8, 4) is 0 Å². The van der Waals surface area contributed by atoms with Crippen LogP contribution in [0.1, 0.15) is 44.7 Å². The molecular weight excluding hydrogens is 232 g/mol. The number of rotatable bonds is 8. The number of benzene rings is 1. The molecule has 0 atom stereocenters. The summed E-state index contributed by atoms with van der Waals surface area (Å²) in [7, 11) is 2.19. The van der Waals surface area contributed by atoms with Crippen molar-refractivity contribution in [2.75, 3.05) is 20.1 Å². The largest absolute Gasteiger partial charge is 0.330 e. The van der Waals surface area contributed by atoms with Crippen LogP contribution < -0.4 is 5.73 Å². The minimum absolute atomic E-state index is 0.297. The van der Waals surface area contributed by atoms with Crippen molar-refractivity contribution < 1.29 is 0 Å². The summed E-state index contributed by atoms with van der Waals surface area (Å²) in [4.78, 5) is 2.39. The van der Waals surface area contributed by atoms with Crippen molar-refractivity contribution in [2.24, 2.45) is 11.1 Å². The third-order valence-electron chi connectivity index (χ3n) is 3.53. The van der Waals surface area contributed by atoms with Crippen molar-refractivity contribution in [1.29, 1.82) is 0 Å². The molecule has 19 heavy (non-hydrogen) atoms. The van der Waals surface area contributed by atoms with Crippen molar-refractivity contribution in [3.63, 3.8) is 0 Å². The first-order valence-corrected chi connectivity index (χ1v) is 7.43. The second kappa shape index (κ2) is 7.66. The molecule has 0 saturated heterocycles. The third kappa shape index (κ3) is 6.22. The lowest BCUT2D eigenvalue weighted by Gasteiger charge is -2.30. The average Bonchev–Trinajstić information content (AvgIpc) is 2.31. The Morgan fingerprint density at radius 3 is 2.21 bits per heavy atom. The Hall–Kier alpha value is -0.860. The van der Waals surface area contributed by atoms with E-state index in [2.05, 4.69) is 57.0 Å². The number of hydrogen-bond donors (Lipinski definition) is 1. The van der Waals surface area contributed by atoms with E-state index in [1.54, 1.807) is 0 Å². The molecule has 2 N–H and O–H groups in total. The van der Waals surface area contributed by atoms with E-state index >= 15 is 0 Å². The van der Waals surface area contributed by atoms with Crippen LogP contribution >= 0.6 is 0 Å². The molecule has 0 aliphatic rings. The Morgan fingerprint density at radius 2 is 1.68 bits per heavy atom. The van der Waals surface area contributed by atoms with Gasteiger partial charge >= 0.3 is 0 Å². The molecule has 2 heteroatoms. The molecule has 0 saturated carbocycles. The van der Waals surface area contributed by atoms with Gasteiger partial charge in [0.15, 0.2) is 0 Å². The number of nitrogens with two attached hydrogens (primary N) is 1. The summed E-state index contributed by atoms with van der Waals surface area (Å²) in [5, 5.41) is 0. The molecule has 0 unspecified atom stereocenters. The van der Waals surface area contributed by atoms with E-state index in [-0.39, 0.29) is 0 Å². The zero-order chi connectivity index (χ0) is 14.3. The highest BCUT2D eigenvalue weighted by molar-refractivity contribution is 5.22. The first kappa shape index (κ1) is 16.2. The smallest absolute Gasteiger partial charge is 0.0230 e. The topological polar surface area (TPSA) is 29.3 Å². The van der Waals surface area contributed by atoms with Gasteiger partial charge in [0.1, 0.15) is 0 Å². The van der Waals surface area contributed by atoms with Gasteiger partial charge in [0.25, 0.3) is 0 Å². The standard InChI is InChI=1S/C17H30N2/c1-5-6-15-7-9-16(10-8-15)13-19(4)14-17(2,3)11-12-18/h7-10H,5-6,11-14,18H2,1-4H3. The van der Waals surface area contributed by atoms with E-state index in [9.17, 15) is 0 Å². The van der Waals surface area contributed by atoms with Crippen LogP contribution in [0, 0.1) is 5.41 Å². The molecule has 108 valence electrons. The summed E-state index contributed by atoms with van der Waals surface area (Å²) in [6.45, 7) is 9.68. The van der Waals surface area contributed by atoms with Gasteiger partial charge in [-0.15, -0.1) is 0 Å². The Bertz CT molecular complexity index is 354. The van der Waals surface area contributed by atoms with Crippen LogP contribution in [0.15, 0.2) is 24.3 Å². The van der Waals surface area contributed by atoms with Gasteiger partial charge in [0, 0.05) is 13.1 Å². The number of nitrogens with zero attached hydrogens (tertiary/aromatic N) is 1. The molecule has 0 fully saturated rings. The van der Waals surface area contributed by atoms with Crippen LogP contribution in [-0.2, 0) is 13.0 Å². The molecule has 0 amide bonds. The van der Waals surface area contributed by atoms with Gasteiger partial charge in [-0.2, -0.15) is 0 Å². The summed E-state index contributed by atoms with van der Waals surface area (Å²) in [6.07, 6.45) is 3.47. The van der Waals surface area contributed by atoms with E-state index in [1.807, 2.05) is 0 Å². The molecule has 0 aliphatic heterocycles. The second-order valence-electron chi connectivity index (χ2n) is 6.44. The maximum atomic E-state index is 5.67. The monoisotopic (exact) mass is 262 g/mol. The highest BCUT2D eigenvalue weighted by atomic mass is 15.1. The predicted octanol–water partition coefficient (Wildman–Crippen LogP) is 3.45. The van der Waals surface area contributed by atoms with E-state index in [0.717, 1.165) is 26.1 Å². The quantitative estimate of drug-likeness (QED) is 0.777. The van der Waals surface area contributed by atoms with Crippen LogP contribution in [0.25, 0.3) is 0 Å². The van der Waals surface area contributed by atoms with Crippen LogP contribution in [-0.4, -0.2) is 25.0 Å². The number of aryl methyl sites for hydroxylation is 1. The molecular formula is C17H30N2. The van der Waals surface area contributed by atoms with E-state index < -0.39 is 0 Å². The van der Waals surface area contributed by atoms with Crippen molar-refractivity contribution >= 4 is 0 Å². The van der Waals surface area contributed by atoms with E-state index in [0.29, 0.717) is 5.41 Å². The van der Waals surface area contributed by atoms with Crippen LogP contribution in [0.3, 0.4) is 0 Å². The molecule has 0 spiro atoms. The first-order valence-electron chi connectivity index (χ1n) is 7.43. The average molecular weight is 262 g/mol. The molecule has 0 bridgehead atoms. The van der Waals surface area contributed by atoms with E-state index in [1.165, 1.54) is 24.0 Å². The highest BCUT2D eigenvalue weighted by Crippen LogP contribution is 2.21. The zero-order valence-electron chi connectivity index (χ0n) is 13.1. The molecule has 2 nitrogen and oxygen atoms in total. The predicted molar refractivity (Wildman–Crippen MR) is 84.2 cm³/mol. The van der Waals surface area contributed by atoms with Crippen molar-refractivity contribution in [2.45, 2.75) is 46.6 Å². The molecule has 0 heterocycles. The summed E-state index contributed by atoms with van der Waals surface area (Å²) in [5.41, 5.74) is 8.80. The second-order valence-corrected chi connectivity index (χ2v) is 6.44. The lowest BCUT2D eigenvalue weighted by atomic mass is 9.89. The van der Waals surface area contributed by atoms with Gasteiger partial charge in [0.2, 0.25) is 0 Å². The minimum atomic E-state index is 0.297. The first-order chi connectivity index (χ1) is 8.96. The maximum absolute atomic E-state index is 5.67. The lowest BCUT2D eigenvalue weighted by Crippen LogP contribution is -2.32. The zero-order valence-corrected chi connectivity index (χ0v) is 13.1. The van der Waals surface area contributed by atoms with Gasteiger partial charge in [-0.05, 0) is 43.0 Å². The Labute approximate surface area is 119 Å². The maximum Gasteiger partial charge on any atom is 0.0230 e. The third-order valence-corrected chi connectivity index (χ3v) is 3.53. The van der Waals surface area contributed by atoms with Gasteiger partial charge in [-0.3, -0.25) is 0 Å². The van der Waals surface area contributed by atoms with Crippen molar-refractivity contribution in [3.05, 3.63) is 35.4 Å². The normalized spacial score (nSPS) is 12.1. The summed E-state index contributed by atoms with van der Waals surface area (Å²) >= 11 is 0. The molecule has 1 rings (SSSR count). The van der Waals surface area contributed by atoms with Gasteiger partial charge in [-0.1, -0.05) is 51.5 Å². The van der Waals surface area contributed by atoms with Crippen LogP contribution in [0.5, 0.6) is 0 Å². The molecule has 1 aromatic rings. The Balaban J connectivity index is 2.49. The van der Waals surface area contributed by atoms with E-state index in [4.69, 9.17) is 5.73 Å². The molecule has 0 radical (unpaired) electrons. The summed E-state index contributed by atoms with van der Waals surface area (Å²) in [6, 6.07) is 9.05. The Morgan fingerprint density at radius 1 is 1.11 bits per heavy atom. The SMILES string of the molecule is CCCc1ccc(CN(C)CC(C)(C)CCN)cc1. The fraction of sp³-hybridized carbons (Fsp3) is 0.647. The van der Waals surface area contributed by atoms with Gasteiger partial charge in [0.05, 0.1) is 0 Å². The highest BCUT2D eigenvalue weighted by Gasteiger charge is 2.19. The van der Waals surface area contributed by atoms with Crippen molar-refractivity contribution in [1.82, 2.24) is 4.90 Å². The lowest BCUT2D eigenvalue weighted by molar-refractivity contribution is 0.195. The van der Waals surface area contributed by atoms with Crippen LogP contribution in [0.4, 0.5) is 0 Å². The Kier molecular flexibility index (Phi) is 6.53. The summed E-state index contributed by atoms with van der Waals surface area (Å²) < 4.78 is 0. The molecule has 0 aromatic heterocycles. The van der Waals surface area contributed by atoms with Crippen LogP contribution in [0.2, 0.25) is 0 Å². The van der Waals surface area contributed by atoms with Gasteiger partial charge < -0.3 is 10.6 Å². The fourth-order valence-corrected chi connectivity index (χ4v) is 2.67. The fourth-order valence-electron chi connectivity index (χ4n) is 2.67. The van der Waals surface area contributed by atoms with Gasteiger partial charge in [-0.25, -0.2) is 0 Å². The molecule has 1 aromatic carbocycles.